The molecule has 0 bridgehead atoms. The summed E-state index contributed by atoms with van der Waals surface area (Å²) in [5, 5.41) is 0. The Morgan fingerprint density at radius 3 is 2.81 bits per heavy atom. The van der Waals surface area contributed by atoms with Crippen molar-refractivity contribution in [3.8, 4) is 5.75 Å². The molecule has 0 spiro atoms. The van der Waals surface area contributed by atoms with Crippen molar-refractivity contribution in [1.82, 2.24) is 0 Å². The summed E-state index contributed by atoms with van der Waals surface area (Å²) >= 11 is 0. The Morgan fingerprint density at radius 1 is 1.56 bits per heavy atom. The van der Waals surface area contributed by atoms with Crippen LogP contribution in [0.5, 0.6) is 5.75 Å². The van der Waals surface area contributed by atoms with E-state index in [0.717, 1.165) is 0 Å². The molecule has 0 fully saturated rings. The number of hydrogen-bond donors (Lipinski definition) is 2. The first-order valence-electron chi connectivity index (χ1n) is 4.53. The van der Waals surface area contributed by atoms with Crippen LogP contribution in [0.3, 0.4) is 0 Å². The number of hydrogen-bond acceptors (Lipinski definition) is 4. The molecular weight excluding hydrogens is 228 g/mol. The Kier molecular flexibility index (Phi) is 3.78. The second-order valence-electron chi connectivity index (χ2n) is 3.13. The van der Waals surface area contributed by atoms with E-state index in [4.69, 9.17) is 10.5 Å². The maximum atomic E-state index is 11.4. The first-order chi connectivity index (χ1) is 7.48. The molecule has 0 saturated carbocycles. The number of benzene rings is 1. The summed E-state index contributed by atoms with van der Waals surface area (Å²) in [6.07, 6.45) is 1.32. The minimum absolute atomic E-state index is 0.139. The monoisotopic (exact) mass is 242 g/mol. The van der Waals surface area contributed by atoms with Crippen LogP contribution in [0.4, 0.5) is 11.4 Å². The fourth-order valence-corrected chi connectivity index (χ4v) is 2.03. The van der Waals surface area contributed by atoms with Gasteiger partial charge in [-0.1, -0.05) is 6.08 Å². The number of nitrogen functional groups attached to an aromatic ring is 1. The minimum atomic E-state index is -3.39. The molecule has 6 heteroatoms. The number of nitrogens with two attached hydrogens (primary N) is 1. The van der Waals surface area contributed by atoms with Crippen LogP contribution in [-0.4, -0.2) is 21.3 Å². The molecule has 0 radical (unpaired) electrons. The van der Waals surface area contributed by atoms with Crippen LogP contribution < -0.4 is 15.2 Å². The van der Waals surface area contributed by atoms with Crippen molar-refractivity contribution in [2.24, 2.45) is 0 Å². The van der Waals surface area contributed by atoms with E-state index in [1.165, 1.54) is 19.3 Å². The van der Waals surface area contributed by atoms with Gasteiger partial charge < -0.3 is 10.5 Å². The molecule has 0 aliphatic carbocycles. The zero-order valence-electron chi connectivity index (χ0n) is 8.93. The van der Waals surface area contributed by atoms with Gasteiger partial charge in [-0.25, -0.2) is 8.42 Å². The van der Waals surface area contributed by atoms with Gasteiger partial charge in [-0.2, -0.15) is 0 Å². The van der Waals surface area contributed by atoms with Crippen molar-refractivity contribution >= 4 is 21.4 Å². The standard InChI is InChI=1S/C10H14N2O3S/c1-3-6-16(13,14)12-8-4-5-9(11)10(7-8)15-2/h3-5,7,12H,1,6,11H2,2H3. The van der Waals surface area contributed by atoms with Crippen molar-refractivity contribution in [3.05, 3.63) is 30.9 Å². The molecule has 1 rings (SSSR count). The number of anilines is 2. The fraction of sp³-hybridized carbons (Fsp3) is 0.200. The highest BCUT2D eigenvalue weighted by Crippen LogP contribution is 2.25. The van der Waals surface area contributed by atoms with E-state index in [1.54, 1.807) is 12.1 Å². The summed E-state index contributed by atoms with van der Waals surface area (Å²) in [5.74, 6) is 0.290. The number of sulfonamides is 1. The highest BCUT2D eigenvalue weighted by molar-refractivity contribution is 7.92. The molecule has 1 aromatic rings. The molecule has 0 aliphatic rings. The summed E-state index contributed by atoms with van der Waals surface area (Å²) < 4.78 is 30.2. The average Bonchev–Trinajstić information content (AvgIpc) is 2.20. The third-order valence-electron chi connectivity index (χ3n) is 1.84. The molecule has 0 atom stereocenters. The van der Waals surface area contributed by atoms with Crippen molar-refractivity contribution in [1.29, 1.82) is 0 Å². The smallest absolute Gasteiger partial charge is 0.236 e. The van der Waals surface area contributed by atoms with E-state index in [-0.39, 0.29) is 5.75 Å². The van der Waals surface area contributed by atoms with E-state index in [1.807, 2.05) is 0 Å². The molecule has 1 aromatic carbocycles. The van der Waals surface area contributed by atoms with Crippen molar-refractivity contribution in [3.63, 3.8) is 0 Å². The van der Waals surface area contributed by atoms with Gasteiger partial charge in [0.1, 0.15) is 5.75 Å². The normalized spacial score (nSPS) is 10.8. The molecule has 5 nitrogen and oxygen atoms in total. The number of ether oxygens (including phenoxy) is 1. The fourth-order valence-electron chi connectivity index (χ4n) is 1.15. The first-order valence-corrected chi connectivity index (χ1v) is 6.18. The summed E-state index contributed by atoms with van der Waals surface area (Å²) in [5.41, 5.74) is 6.47. The summed E-state index contributed by atoms with van der Waals surface area (Å²) in [6, 6.07) is 4.67. The van der Waals surface area contributed by atoms with Crippen molar-refractivity contribution in [2.75, 3.05) is 23.3 Å². The number of rotatable bonds is 5. The highest BCUT2D eigenvalue weighted by atomic mass is 32.2. The van der Waals surface area contributed by atoms with Crippen LogP contribution in [0.2, 0.25) is 0 Å². The van der Waals surface area contributed by atoms with Gasteiger partial charge in [-0.3, -0.25) is 4.72 Å². The van der Waals surface area contributed by atoms with Gasteiger partial charge in [-0.05, 0) is 12.1 Å². The third kappa shape index (κ3) is 3.16. The van der Waals surface area contributed by atoms with Gasteiger partial charge in [0.25, 0.3) is 0 Å². The van der Waals surface area contributed by atoms with Gasteiger partial charge in [0.15, 0.2) is 0 Å². The number of nitrogens with one attached hydrogen (secondary N) is 1. The molecule has 0 amide bonds. The number of methoxy groups -OCH3 is 1. The zero-order chi connectivity index (χ0) is 12.2. The topological polar surface area (TPSA) is 81.4 Å². The van der Waals surface area contributed by atoms with E-state index < -0.39 is 10.0 Å². The molecule has 0 heterocycles. The predicted octanol–water partition coefficient (Wildman–Crippen LogP) is 1.21. The van der Waals surface area contributed by atoms with Crippen molar-refractivity contribution < 1.29 is 13.2 Å². The lowest BCUT2D eigenvalue weighted by atomic mass is 10.3. The lowest BCUT2D eigenvalue weighted by Gasteiger charge is -2.09. The maximum Gasteiger partial charge on any atom is 0.236 e. The molecule has 0 unspecified atom stereocenters. The summed E-state index contributed by atoms with van der Waals surface area (Å²) in [4.78, 5) is 0. The van der Waals surface area contributed by atoms with Crippen LogP contribution in [0, 0.1) is 0 Å². The van der Waals surface area contributed by atoms with Gasteiger partial charge in [0, 0.05) is 6.07 Å². The van der Waals surface area contributed by atoms with Crippen LogP contribution in [0.1, 0.15) is 0 Å². The molecule has 0 aliphatic heterocycles. The third-order valence-corrected chi connectivity index (χ3v) is 3.07. The average molecular weight is 242 g/mol. The molecule has 88 valence electrons. The largest absolute Gasteiger partial charge is 0.495 e. The van der Waals surface area contributed by atoms with E-state index >= 15 is 0 Å². The quantitative estimate of drug-likeness (QED) is 0.600. The van der Waals surface area contributed by atoms with Gasteiger partial charge in [0.2, 0.25) is 10.0 Å². The molecule has 0 saturated heterocycles. The molecular formula is C10H14N2O3S. The Morgan fingerprint density at radius 2 is 2.25 bits per heavy atom. The van der Waals surface area contributed by atoms with Crippen LogP contribution in [0.15, 0.2) is 30.9 Å². The second kappa shape index (κ2) is 4.89. The van der Waals surface area contributed by atoms with Gasteiger partial charge in [0.05, 0.1) is 24.2 Å². The highest BCUT2D eigenvalue weighted by Gasteiger charge is 2.09. The predicted molar refractivity (Wildman–Crippen MR) is 65.0 cm³/mol. The molecule has 0 aromatic heterocycles. The Labute approximate surface area is 95.0 Å². The van der Waals surface area contributed by atoms with E-state index in [9.17, 15) is 8.42 Å². The van der Waals surface area contributed by atoms with Gasteiger partial charge >= 0.3 is 0 Å². The van der Waals surface area contributed by atoms with Crippen LogP contribution >= 0.6 is 0 Å². The van der Waals surface area contributed by atoms with E-state index in [2.05, 4.69) is 11.3 Å². The molecule has 3 N–H and O–H groups in total. The second-order valence-corrected chi connectivity index (χ2v) is 4.90. The Balaban J connectivity index is 2.94. The van der Waals surface area contributed by atoms with Crippen LogP contribution in [0.25, 0.3) is 0 Å². The first kappa shape index (κ1) is 12.4. The Hall–Kier alpha value is -1.69. The lowest BCUT2D eigenvalue weighted by molar-refractivity contribution is 0.417. The minimum Gasteiger partial charge on any atom is -0.495 e. The summed E-state index contributed by atoms with van der Waals surface area (Å²) in [7, 11) is -1.92. The maximum absolute atomic E-state index is 11.4. The van der Waals surface area contributed by atoms with Crippen LogP contribution in [-0.2, 0) is 10.0 Å². The zero-order valence-corrected chi connectivity index (χ0v) is 9.75. The lowest BCUT2D eigenvalue weighted by Crippen LogP contribution is -2.15. The Bertz CT molecular complexity index is 483. The SMILES string of the molecule is C=CCS(=O)(=O)Nc1ccc(N)c(OC)c1. The van der Waals surface area contributed by atoms with E-state index in [0.29, 0.717) is 17.1 Å². The van der Waals surface area contributed by atoms with Gasteiger partial charge in [-0.15, -0.1) is 6.58 Å². The molecule has 16 heavy (non-hydrogen) atoms. The van der Waals surface area contributed by atoms with Crippen molar-refractivity contribution in [2.45, 2.75) is 0 Å². The summed E-state index contributed by atoms with van der Waals surface area (Å²) in [6.45, 7) is 3.37.